The van der Waals surface area contributed by atoms with Crippen LogP contribution in [-0.2, 0) is 6.54 Å². The third-order valence-electron chi connectivity index (χ3n) is 1.99. The first-order valence-corrected chi connectivity index (χ1v) is 4.95. The van der Waals surface area contributed by atoms with E-state index in [1.807, 2.05) is 0 Å². The summed E-state index contributed by atoms with van der Waals surface area (Å²) in [5.41, 5.74) is 0.516. The third-order valence-corrected chi connectivity index (χ3v) is 2.30. The highest BCUT2D eigenvalue weighted by atomic mass is 35.5. The molecular formula is C8H7ClN6O2. The molecule has 0 amide bonds. The van der Waals surface area contributed by atoms with Crippen molar-refractivity contribution in [1.29, 1.82) is 0 Å². The van der Waals surface area contributed by atoms with Crippen molar-refractivity contribution in [3.63, 3.8) is 0 Å². The van der Waals surface area contributed by atoms with Crippen LogP contribution < -0.4 is 5.32 Å². The Morgan fingerprint density at radius 2 is 2.35 bits per heavy atom. The van der Waals surface area contributed by atoms with E-state index in [1.165, 1.54) is 18.2 Å². The van der Waals surface area contributed by atoms with Crippen molar-refractivity contribution in [2.45, 2.75) is 6.54 Å². The number of nitro groups is 1. The number of aromatic nitrogens is 4. The zero-order valence-corrected chi connectivity index (χ0v) is 9.18. The Morgan fingerprint density at radius 1 is 1.53 bits per heavy atom. The quantitative estimate of drug-likeness (QED) is 0.630. The number of rotatable bonds is 4. The molecule has 0 spiro atoms. The summed E-state index contributed by atoms with van der Waals surface area (Å²) in [6.45, 7) is 0.327. The van der Waals surface area contributed by atoms with Crippen LogP contribution in [0.1, 0.15) is 5.82 Å². The Morgan fingerprint density at radius 3 is 2.94 bits per heavy atom. The lowest BCUT2D eigenvalue weighted by atomic mass is 10.3. The minimum atomic E-state index is -0.505. The van der Waals surface area contributed by atoms with Crippen LogP contribution in [0.25, 0.3) is 0 Å². The zero-order chi connectivity index (χ0) is 12.3. The minimum Gasteiger partial charge on any atom is -0.376 e. The molecule has 0 fully saturated rings. The number of hydrogen-bond donors (Lipinski definition) is 2. The maximum atomic E-state index is 10.5. The minimum absolute atomic E-state index is 0.0555. The molecule has 88 valence electrons. The first kappa shape index (κ1) is 11.3. The van der Waals surface area contributed by atoms with Crippen LogP contribution in [0.4, 0.5) is 11.4 Å². The fourth-order valence-corrected chi connectivity index (χ4v) is 1.43. The highest BCUT2D eigenvalue weighted by Gasteiger charge is 2.09. The molecule has 17 heavy (non-hydrogen) atoms. The Labute approximate surface area is 100 Å². The van der Waals surface area contributed by atoms with E-state index in [0.717, 1.165) is 0 Å². The SMILES string of the molecule is O=[N+]([O-])c1ccc(NCc2nn[nH]n2)c(Cl)c1. The first-order chi connectivity index (χ1) is 8.16. The van der Waals surface area contributed by atoms with Crippen LogP contribution in [0.3, 0.4) is 0 Å². The molecule has 1 aromatic carbocycles. The predicted octanol–water partition coefficient (Wildman–Crippen LogP) is 1.37. The number of nitrogens with zero attached hydrogens (tertiary/aromatic N) is 4. The average Bonchev–Trinajstić information content (AvgIpc) is 2.80. The van der Waals surface area contributed by atoms with Gasteiger partial charge in [0.1, 0.15) is 0 Å². The zero-order valence-electron chi connectivity index (χ0n) is 8.42. The lowest BCUT2D eigenvalue weighted by molar-refractivity contribution is -0.384. The van der Waals surface area contributed by atoms with E-state index in [1.54, 1.807) is 0 Å². The Hall–Kier alpha value is -2.22. The second kappa shape index (κ2) is 4.74. The number of nitrogens with one attached hydrogen (secondary N) is 2. The summed E-state index contributed by atoms with van der Waals surface area (Å²) in [5.74, 6) is 0.472. The van der Waals surface area contributed by atoms with Gasteiger partial charge in [0.2, 0.25) is 0 Å². The van der Waals surface area contributed by atoms with E-state index >= 15 is 0 Å². The number of H-pyrrole nitrogens is 1. The maximum absolute atomic E-state index is 10.5. The molecule has 0 bridgehead atoms. The monoisotopic (exact) mass is 254 g/mol. The van der Waals surface area contributed by atoms with Crippen molar-refractivity contribution in [2.24, 2.45) is 0 Å². The molecule has 0 saturated heterocycles. The summed E-state index contributed by atoms with van der Waals surface area (Å²) in [6, 6.07) is 4.17. The van der Waals surface area contributed by atoms with Gasteiger partial charge in [-0.15, -0.1) is 10.2 Å². The average molecular weight is 255 g/mol. The predicted molar refractivity (Wildman–Crippen MR) is 59.6 cm³/mol. The number of tetrazole rings is 1. The molecule has 1 heterocycles. The van der Waals surface area contributed by atoms with Gasteiger partial charge in [-0.05, 0) is 6.07 Å². The standard InChI is InChI=1S/C8H7ClN6O2/c9-6-3-5(15(16)17)1-2-7(6)10-4-8-11-13-14-12-8/h1-3,10H,4H2,(H,11,12,13,14). The molecular weight excluding hydrogens is 248 g/mol. The van der Waals surface area contributed by atoms with E-state index in [-0.39, 0.29) is 10.7 Å². The third kappa shape index (κ3) is 2.67. The van der Waals surface area contributed by atoms with E-state index in [2.05, 4.69) is 25.9 Å². The molecule has 2 aromatic rings. The Balaban J connectivity index is 2.09. The lowest BCUT2D eigenvalue weighted by Gasteiger charge is -2.05. The van der Waals surface area contributed by atoms with E-state index in [4.69, 9.17) is 11.6 Å². The first-order valence-electron chi connectivity index (χ1n) is 4.57. The van der Waals surface area contributed by atoms with Crippen LogP contribution >= 0.6 is 11.6 Å². The number of benzene rings is 1. The molecule has 0 atom stereocenters. The highest BCUT2D eigenvalue weighted by molar-refractivity contribution is 6.33. The van der Waals surface area contributed by atoms with E-state index in [0.29, 0.717) is 18.1 Å². The largest absolute Gasteiger partial charge is 0.376 e. The number of nitro benzene ring substituents is 1. The summed E-state index contributed by atoms with van der Waals surface area (Å²) in [5, 5.41) is 26.9. The smallest absolute Gasteiger partial charge is 0.271 e. The molecule has 0 saturated carbocycles. The molecule has 0 aliphatic heterocycles. The molecule has 0 aliphatic carbocycles. The van der Waals surface area contributed by atoms with Crippen LogP contribution in [0.2, 0.25) is 5.02 Å². The normalized spacial score (nSPS) is 10.2. The number of anilines is 1. The van der Waals surface area contributed by atoms with Crippen molar-refractivity contribution in [2.75, 3.05) is 5.32 Å². The van der Waals surface area contributed by atoms with Crippen LogP contribution in [0, 0.1) is 10.1 Å². The van der Waals surface area contributed by atoms with Gasteiger partial charge in [-0.25, -0.2) is 0 Å². The van der Waals surface area contributed by atoms with Gasteiger partial charge in [0, 0.05) is 12.1 Å². The number of hydrogen-bond acceptors (Lipinski definition) is 6. The highest BCUT2D eigenvalue weighted by Crippen LogP contribution is 2.26. The van der Waals surface area contributed by atoms with Crippen molar-refractivity contribution in [3.05, 3.63) is 39.2 Å². The van der Waals surface area contributed by atoms with Gasteiger partial charge in [0.05, 0.1) is 22.2 Å². The van der Waals surface area contributed by atoms with Crippen molar-refractivity contribution < 1.29 is 4.92 Å². The number of aromatic amines is 1. The lowest BCUT2D eigenvalue weighted by Crippen LogP contribution is -2.02. The molecule has 2 N–H and O–H groups in total. The number of non-ortho nitro benzene ring substituents is 1. The molecule has 0 radical (unpaired) electrons. The van der Waals surface area contributed by atoms with Gasteiger partial charge in [0.25, 0.3) is 5.69 Å². The molecule has 0 aliphatic rings. The second-order valence-corrected chi connectivity index (χ2v) is 3.51. The summed E-state index contributed by atoms with van der Waals surface area (Å²) >= 11 is 5.88. The second-order valence-electron chi connectivity index (χ2n) is 3.10. The van der Waals surface area contributed by atoms with Crippen LogP contribution in [-0.4, -0.2) is 25.5 Å². The van der Waals surface area contributed by atoms with Crippen molar-refractivity contribution in [3.8, 4) is 0 Å². The summed E-state index contributed by atoms with van der Waals surface area (Å²) in [7, 11) is 0. The topological polar surface area (TPSA) is 110 Å². The van der Waals surface area contributed by atoms with E-state index in [9.17, 15) is 10.1 Å². The Kier molecular flexibility index (Phi) is 3.15. The summed E-state index contributed by atoms with van der Waals surface area (Å²) < 4.78 is 0. The van der Waals surface area contributed by atoms with Gasteiger partial charge in [-0.3, -0.25) is 10.1 Å². The molecule has 2 rings (SSSR count). The summed E-state index contributed by atoms with van der Waals surface area (Å²) in [4.78, 5) is 10.00. The van der Waals surface area contributed by atoms with Crippen LogP contribution in [0.5, 0.6) is 0 Å². The van der Waals surface area contributed by atoms with Gasteiger partial charge >= 0.3 is 0 Å². The molecule has 9 heteroatoms. The van der Waals surface area contributed by atoms with Gasteiger partial charge < -0.3 is 5.32 Å². The fourth-order valence-electron chi connectivity index (χ4n) is 1.19. The molecule has 8 nitrogen and oxygen atoms in total. The number of halogens is 1. The van der Waals surface area contributed by atoms with Crippen LogP contribution in [0.15, 0.2) is 18.2 Å². The van der Waals surface area contributed by atoms with Gasteiger partial charge in [0.15, 0.2) is 5.82 Å². The summed E-state index contributed by atoms with van der Waals surface area (Å²) in [6.07, 6.45) is 0. The van der Waals surface area contributed by atoms with E-state index < -0.39 is 4.92 Å². The van der Waals surface area contributed by atoms with Crippen molar-refractivity contribution in [1.82, 2.24) is 20.6 Å². The maximum Gasteiger partial charge on any atom is 0.271 e. The van der Waals surface area contributed by atoms with Gasteiger partial charge in [-0.1, -0.05) is 16.8 Å². The molecule has 1 aromatic heterocycles. The van der Waals surface area contributed by atoms with Gasteiger partial charge in [-0.2, -0.15) is 5.21 Å². The fraction of sp³-hybridized carbons (Fsp3) is 0.125. The van der Waals surface area contributed by atoms with Crippen molar-refractivity contribution >= 4 is 23.0 Å². The Bertz CT molecular complexity index is 529. The molecule has 0 unspecified atom stereocenters.